The first-order valence-electron chi connectivity index (χ1n) is 12.0. The number of para-hydroxylation sites is 1. The van der Waals surface area contributed by atoms with Gasteiger partial charge in [-0.25, -0.2) is 4.98 Å². The summed E-state index contributed by atoms with van der Waals surface area (Å²) in [5, 5.41) is 1.60. The normalized spacial score (nSPS) is 23.2. The minimum Gasteiger partial charge on any atom is -0.437 e. The summed E-state index contributed by atoms with van der Waals surface area (Å²) in [5.41, 5.74) is 3.77. The van der Waals surface area contributed by atoms with Crippen LogP contribution in [0.4, 0.5) is 0 Å². The molecule has 0 aliphatic heterocycles. The number of rotatable bonds is 3. The summed E-state index contributed by atoms with van der Waals surface area (Å²) in [5.74, 6) is -2.12. The van der Waals surface area contributed by atoms with Gasteiger partial charge in [0.1, 0.15) is 5.58 Å². The molecule has 5 rings (SSSR count). The molecule has 3 heterocycles. The van der Waals surface area contributed by atoms with Crippen LogP contribution in [-0.4, -0.2) is 9.97 Å². The van der Waals surface area contributed by atoms with Crippen molar-refractivity contribution < 1.29 is 11.3 Å². The Balaban J connectivity index is 1.71. The van der Waals surface area contributed by atoms with E-state index in [2.05, 4.69) is 16.9 Å². The zero-order valence-electron chi connectivity index (χ0n) is 20.2. The van der Waals surface area contributed by atoms with E-state index in [0.717, 1.165) is 28.5 Å². The van der Waals surface area contributed by atoms with Gasteiger partial charge in [0.2, 0.25) is 5.71 Å². The summed E-state index contributed by atoms with van der Waals surface area (Å²) >= 11 is 0. The molecule has 1 aliphatic rings. The third kappa shape index (κ3) is 2.91. The number of aromatic nitrogens is 2. The Morgan fingerprint density at radius 1 is 1.11 bits per heavy atom. The molecule has 1 aromatic carbocycles. The van der Waals surface area contributed by atoms with Crippen molar-refractivity contribution in [2.45, 2.75) is 51.2 Å². The summed E-state index contributed by atoms with van der Waals surface area (Å²) < 4.78 is 48.8. The number of hydrogen-bond donors (Lipinski definition) is 0. The molecule has 0 radical (unpaired) electrons. The second kappa shape index (κ2) is 6.80. The van der Waals surface area contributed by atoms with Gasteiger partial charge in [-0.2, -0.15) is 0 Å². The highest BCUT2D eigenvalue weighted by atomic mass is 16.3. The number of hydrogen-bond acceptors (Lipinski definition) is 3. The molecule has 0 unspecified atom stereocenters. The maximum atomic E-state index is 8.93. The maximum Gasteiger partial charge on any atom is 0.227 e. The van der Waals surface area contributed by atoms with E-state index in [1.165, 1.54) is 5.56 Å². The molecule has 3 aromatic heterocycles. The smallest absolute Gasteiger partial charge is 0.227 e. The lowest BCUT2D eigenvalue weighted by Crippen LogP contribution is -2.06. The van der Waals surface area contributed by atoms with Crippen LogP contribution in [0.2, 0.25) is 0 Å². The van der Waals surface area contributed by atoms with Crippen molar-refractivity contribution in [3.8, 4) is 11.3 Å². The molecule has 0 atom stereocenters. The molecule has 4 aromatic rings. The molecule has 1 fully saturated rings. The Bertz CT molecular complexity index is 1310. The lowest BCUT2D eigenvalue weighted by Gasteiger charge is -2.20. The number of furan rings is 1. The Labute approximate surface area is 166 Å². The fourth-order valence-corrected chi connectivity index (χ4v) is 3.62. The second-order valence-corrected chi connectivity index (χ2v) is 6.82. The molecule has 0 N–H and O–H groups in total. The van der Waals surface area contributed by atoms with Crippen molar-refractivity contribution >= 4 is 22.1 Å². The van der Waals surface area contributed by atoms with Gasteiger partial charge in [0.15, 0.2) is 0 Å². The van der Waals surface area contributed by atoms with Crippen LogP contribution in [0.15, 0.2) is 53.1 Å². The van der Waals surface area contributed by atoms with E-state index < -0.39 is 18.6 Å². The van der Waals surface area contributed by atoms with Gasteiger partial charge in [-0.3, -0.25) is 4.98 Å². The van der Waals surface area contributed by atoms with Gasteiger partial charge >= 0.3 is 0 Å². The molecular formula is C24H24N2O. The number of pyridine rings is 2. The van der Waals surface area contributed by atoms with Crippen LogP contribution < -0.4 is 0 Å². The third-order valence-electron chi connectivity index (χ3n) is 5.09. The van der Waals surface area contributed by atoms with Crippen molar-refractivity contribution in [2.24, 2.45) is 0 Å². The first-order chi connectivity index (χ1) is 15.2. The summed E-state index contributed by atoms with van der Waals surface area (Å²) in [6, 6.07) is 13.2. The predicted octanol–water partition coefficient (Wildman–Crippen LogP) is 6.65. The highest BCUT2D eigenvalue weighted by Gasteiger charge is 2.19. The highest BCUT2D eigenvalue weighted by Crippen LogP contribution is 2.37. The summed E-state index contributed by atoms with van der Waals surface area (Å²) in [4.78, 5) is 9.02. The number of nitrogens with zero attached hydrogens (tertiary/aromatic N) is 2. The molecular weight excluding hydrogens is 332 g/mol. The zero-order chi connectivity index (χ0) is 22.7. The van der Waals surface area contributed by atoms with Gasteiger partial charge in [0, 0.05) is 41.0 Å². The largest absolute Gasteiger partial charge is 0.437 e. The van der Waals surface area contributed by atoms with E-state index in [9.17, 15) is 0 Å². The highest BCUT2D eigenvalue weighted by molar-refractivity contribution is 6.08. The quantitative estimate of drug-likeness (QED) is 0.410. The minimum absolute atomic E-state index is 0.0615. The topological polar surface area (TPSA) is 38.9 Å². The first kappa shape index (κ1) is 11.9. The van der Waals surface area contributed by atoms with E-state index >= 15 is 0 Å². The molecule has 0 amide bonds. The maximum absolute atomic E-state index is 8.93. The Morgan fingerprint density at radius 2 is 2.00 bits per heavy atom. The van der Waals surface area contributed by atoms with Gasteiger partial charge in [-0.15, -0.1) is 0 Å². The minimum atomic E-state index is -2.12. The van der Waals surface area contributed by atoms with Crippen molar-refractivity contribution in [1.82, 2.24) is 9.97 Å². The van der Waals surface area contributed by atoms with Crippen LogP contribution in [0.5, 0.6) is 0 Å². The second-order valence-electron chi connectivity index (χ2n) is 6.82. The fourth-order valence-electron chi connectivity index (χ4n) is 3.62. The van der Waals surface area contributed by atoms with Crippen LogP contribution in [0.3, 0.4) is 0 Å². The first-order valence-corrected chi connectivity index (χ1v) is 9.46. The van der Waals surface area contributed by atoms with E-state index in [0.29, 0.717) is 12.0 Å². The third-order valence-corrected chi connectivity index (χ3v) is 5.09. The SMILES string of the molecule is [2H]C1([2H])CCCC([2H])([2H])C1([2H])c1ccc2c(n1)oc1c(-c3cc(CC)ccn3)cccc12. The zero-order valence-corrected chi connectivity index (χ0v) is 15.2. The molecule has 0 spiro atoms. The van der Waals surface area contributed by atoms with Crippen molar-refractivity contribution in [2.75, 3.05) is 0 Å². The Hall–Kier alpha value is -2.68. The summed E-state index contributed by atoms with van der Waals surface area (Å²) in [7, 11) is 0. The van der Waals surface area contributed by atoms with Gasteiger partial charge in [0.05, 0.1) is 5.69 Å². The fraction of sp³-hybridized carbons (Fsp3) is 0.333. The number of fused-ring (bicyclic) bond motifs is 3. The average Bonchev–Trinajstić information content (AvgIpc) is 3.15. The summed E-state index contributed by atoms with van der Waals surface area (Å²) in [6.45, 7) is 2.09. The van der Waals surface area contributed by atoms with Gasteiger partial charge in [0.25, 0.3) is 0 Å². The Morgan fingerprint density at radius 3 is 2.85 bits per heavy atom. The van der Waals surface area contributed by atoms with Crippen LogP contribution >= 0.6 is 0 Å². The van der Waals surface area contributed by atoms with Gasteiger partial charge in [-0.05, 0) is 55.1 Å². The molecule has 1 saturated carbocycles. The van der Waals surface area contributed by atoms with Crippen molar-refractivity contribution in [3.63, 3.8) is 0 Å². The van der Waals surface area contributed by atoms with Crippen LogP contribution in [0, 0.1) is 0 Å². The molecule has 136 valence electrons. The van der Waals surface area contributed by atoms with E-state index in [4.69, 9.17) is 11.3 Å². The average molecular weight is 361 g/mol. The predicted molar refractivity (Wildman–Crippen MR) is 110 cm³/mol. The monoisotopic (exact) mass is 361 g/mol. The Kier molecular flexibility index (Phi) is 3.00. The number of aryl methyl sites for hydroxylation is 1. The summed E-state index contributed by atoms with van der Waals surface area (Å²) in [6.07, 6.45) is -0.761. The van der Waals surface area contributed by atoms with Crippen LogP contribution in [0.25, 0.3) is 33.3 Å². The lowest BCUT2D eigenvalue weighted by molar-refractivity contribution is 0.436. The number of benzene rings is 1. The van der Waals surface area contributed by atoms with E-state index in [1.54, 1.807) is 18.3 Å². The molecule has 27 heavy (non-hydrogen) atoms. The van der Waals surface area contributed by atoms with Crippen molar-refractivity contribution in [1.29, 1.82) is 0 Å². The van der Waals surface area contributed by atoms with E-state index in [1.807, 2.05) is 30.3 Å². The molecule has 1 aliphatic carbocycles. The molecule has 0 bridgehead atoms. The lowest BCUT2D eigenvalue weighted by atomic mass is 9.86. The van der Waals surface area contributed by atoms with Gasteiger partial charge < -0.3 is 4.42 Å². The van der Waals surface area contributed by atoms with Crippen LogP contribution in [-0.2, 0) is 6.42 Å². The van der Waals surface area contributed by atoms with Crippen LogP contribution in [0.1, 0.15) is 62.9 Å². The van der Waals surface area contributed by atoms with Gasteiger partial charge in [-0.1, -0.05) is 38.3 Å². The molecule has 3 nitrogen and oxygen atoms in total. The standard InChI is InChI=1S/C24H24N2O/c1-2-16-13-14-25-22(15-16)20-10-6-9-18-19-11-12-21(17-7-4-3-5-8-17)26-24(19)27-23(18)20/h6,9-15,17H,2-5,7-8H2,1H3/i7D2,8D2,17D. The molecule has 3 heteroatoms. The van der Waals surface area contributed by atoms with Crippen molar-refractivity contribution in [3.05, 3.63) is 59.9 Å². The molecule has 0 saturated heterocycles. The van der Waals surface area contributed by atoms with E-state index in [-0.39, 0.29) is 24.2 Å².